The Morgan fingerprint density at radius 2 is 1.89 bits per heavy atom. The Hall–Kier alpha value is -1.39. The van der Waals surface area contributed by atoms with Crippen LogP contribution in [0.2, 0.25) is 0 Å². The van der Waals surface area contributed by atoms with Gasteiger partial charge in [0.15, 0.2) is 0 Å². The number of amides is 1. The molecular formula is C13H21NO4. The fourth-order valence-corrected chi connectivity index (χ4v) is 2.01. The fraction of sp³-hybridized carbons (Fsp3) is 0.769. The molecule has 1 atom stereocenters. The Labute approximate surface area is 107 Å². The molecule has 0 spiro atoms. The van der Waals surface area contributed by atoms with E-state index in [4.69, 9.17) is 5.11 Å². The number of carboxylic acid groups (broad SMARTS) is 1. The predicted octanol–water partition coefficient (Wildman–Crippen LogP) is 1.46. The van der Waals surface area contributed by atoms with Crippen molar-refractivity contribution in [2.45, 2.75) is 52.5 Å². The maximum Gasteiger partial charge on any atom is 0.326 e. The largest absolute Gasteiger partial charge is 0.480 e. The second kappa shape index (κ2) is 5.50. The van der Waals surface area contributed by atoms with Crippen LogP contribution < -0.4 is 0 Å². The van der Waals surface area contributed by atoms with Crippen LogP contribution in [0.25, 0.3) is 0 Å². The van der Waals surface area contributed by atoms with E-state index in [-0.39, 0.29) is 0 Å². The van der Waals surface area contributed by atoms with Gasteiger partial charge in [-0.3, -0.25) is 9.59 Å². The van der Waals surface area contributed by atoms with Crippen LogP contribution in [0.1, 0.15) is 46.5 Å². The first-order valence-electron chi connectivity index (χ1n) is 6.39. The second-order valence-electron chi connectivity index (χ2n) is 5.41. The third-order valence-corrected chi connectivity index (χ3v) is 3.74. The molecule has 1 aliphatic rings. The average Bonchev–Trinajstić information content (AvgIpc) is 2.36. The summed E-state index contributed by atoms with van der Waals surface area (Å²) in [5.74, 6) is -2.16. The zero-order valence-electron chi connectivity index (χ0n) is 11.2. The summed E-state index contributed by atoms with van der Waals surface area (Å²) >= 11 is 0. The van der Waals surface area contributed by atoms with Crippen molar-refractivity contribution in [3.05, 3.63) is 0 Å². The van der Waals surface area contributed by atoms with E-state index < -0.39 is 29.1 Å². The van der Waals surface area contributed by atoms with Crippen molar-refractivity contribution in [1.29, 1.82) is 0 Å². The molecule has 0 aromatic rings. The number of hydrogen-bond donors (Lipinski definition) is 1. The van der Waals surface area contributed by atoms with Gasteiger partial charge in [0, 0.05) is 12.0 Å². The van der Waals surface area contributed by atoms with E-state index in [1.807, 2.05) is 6.92 Å². The molecule has 1 rings (SSSR count). The molecule has 0 radical (unpaired) electrons. The standard InChI is InChI=1S/C13H21NO4/c1-4-13(2,3)10(15)11(16)14-8-6-5-7-9(14)12(17)18/h9H,4-8H2,1-3H3,(H,17,18). The lowest BCUT2D eigenvalue weighted by Crippen LogP contribution is -2.52. The van der Waals surface area contributed by atoms with Gasteiger partial charge in [0.1, 0.15) is 6.04 Å². The van der Waals surface area contributed by atoms with E-state index in [2.05, 4.69) is 0 Å². The highest BCUT2D eigenvalue weighted by molar-refractivity contribution is 6.38. The first-order valence-corrected chi connectivity index (χ1v) is 6.39. The maximum absolute atomic E-state index is 12.1. The molecule has 0 aliphatic carbocycles. The molecule has 18 heavy (non-hydrogen) atoms. The van der Waals surface area contributed by atoms with Gasteiger partial charge in [-0.25, -0.2) is 4.79 Å². The molecule has 0 bridgehead atoms. The van der Waals surface area contributed by atoms with Crippen LogP contribution in [-0.2, 0) is 14.4 Å². The zero-order valence-corrected chi connectivity index (χ0v) is 11.2. The average molecular weight is 255 g/mol. The van der Waals surface area contributed by atoms with Crippen LogP contribution in [0.5, 0.6) is 0 Å². The summed E-state index contributed by atoms with van der Waals surface area (Å²) < 4.78 is 0. The topological polar surface area (TPSA) is 74.7 Å². The number of ketones is 1. The van der Waals surface area contributed by atoms with Gasteiger partial charge in [0.25, 0.3) is 5.91 Å². The number of piperidine rings is 1. The molecule has 0 aromatic heterocycles. The second-order valence-corrected chi connectivity index (χ2v) is 5.41. The number of carbonyl (C=O) groups is 3. The molecule has 1 saturated heterocycles. The van der Waals surface area contributed by atoms with Crippen LogP contribution >= 0.6 is 0 Å². The highest BCUT2D eigenvalue weighted by Crippen LogP contribution is 2.25. The van der Waals surface area contributed by atoms with Crippen molar-refractivity contribution in [3.63, 3.8) is 0 Å². The monoisotopic (exact) mass is 255 g/mol. The van der Waals surface area contributed by atoms with Crippen molar-refractivity contribution in [1.82, 2.24) is 4.90 Å². The van der Waals surface area contributed by atoms with E-state index in [9.17, 15) is 14.4 Å². The highest BCUT2D eigenvalue weighted by atomic mass is 16.4. The van der Waals surface area contributed by atoms with Crippen LogP contribution in [0.4, 0.5) is 0 Å². The van der Waals surface area contributed by atoms with Gasteiger partial charge in [-0.2, -0.15) is 0 Å². The minimum Gasteiger partial charge on any atom is -0.480 e. The molecule has 1 amide bonds. The number of carboxylic acids is 1. The minimum atomic E-state index is -1.02. The summed E-state index contributed by atoms with van der Waals surface area (Å²) in [6.07, 6.45) is 2.53. The van der Waals surface area contributed by atoms with E-state index in [1.165, 1.54) is 4.90 Å². The van der Waals surface area contributed by atoms with Crippen LogP contribution in [0, 0.1) is 5.41 Å². The number of Topliss-reactive ketones (excluding diaryl/α,β-unsaturated/α-hetero) is 1. The molecule has 1 unspecified atom stereocenters. The van der Waals surface area contributed by atoms with E-state index in [1.54, 1.807) is 13.8 Å². The third kappa shape index (κ3) is 2.89. The van der Waals surface area contributed by atoms with Crippen LogP contribution in [0.3, 0.4) is 0 Å². The highest BCUT2D eigenvalue weighted by Gasteiger charge is 2.39. The predicted molar refractivity (Wildman–Crippen MR) is 66.1 cm³/mol. The lowest BCUT2D eigenvalue weighted by atomic mass is 9.84. The van der Waals surface area contributed by atoms with Crippen molar-refractivity contribution in [2.24, 2.45) is 5.41 Å². The third-order valence-electron chi connectivity index (χ3n) is 3.74. The normalized spacial score (nSPS) is 20.6. The van der Waals surface area contributed by atoms with E-state index in [0.717, 1.165) is 12.8 Å². The van der Waals surface area contributed by atoms with Gasteiger partial charge in [-0.1, -0.05) is 20.8 Å². The molecule has 0 aromatic carbocycles. The molecule has 5 nitrogen and oxygen atoms in total. The summed E-state index contributed by atoms with van der Waals surface area (Å²) in [4.78, 5) is 36.5. The molecule has 1 aliphatic heterocycles. The lowest BCUT2D eigenvalue weighted by Gasteiger charge is -2.34. The summed E-state index contributed by atoms with van der Waals surface area (Å²) in [5, 5.41) is 9.09. The molecule has 0 saturated carbocycles. The van der Waals surface area contributed by atoms with Gasteiger partial charge in [0.2, 0.25) is 5.78 Å². The number of rotatable bonds is 4. The lowest BCUT2D eigenvalue weighted by molar-refractivity contribution is -0.158. The van der Waals surface area contributed by atoms with Crippen molar-refractivity contribution >= 4 is 17.7 Å². The quantitative estimate of drug-likeness (QED) is 0.772. The van der Waals surface area contributed by atoms with Crippen LogP contribution in [-0.4, -0.2) is 40.3 Å². The molecule has 1 fully saturated rings. The van der Waals surface area contributed by atoms with Gasteiger partial charge in [-0.15, -0.1) is 0 Å². The van der Waals surface area contributed by atoms with Crippen LogP contribution in [0.15, 0.2) is 0 Å². The number of nitrogens with zero attached hydrogens (tertiary/aromatic N) is 1. The van der Waals surface area contributed by atoms with Gasteiger partial charge >= 0.3 is 5.97 Å². The SMILES string of the molecule is CCC(C)(C)C(=O)C(=O)N1CCCCC1C(=O)O. The number of carbonyl (C=O) groups excluding carboxylic acids is 2. The zero-order chi connectivity index (χ0) is 13.9. The van der Waals surface area contributed by atoms with Crippen molar-refractivity contribution < 1.29 is 19.5 Å². The van der Waals surface area contributed by atoms with Crippen molar-refractivity contribution in [3.8, 4) is 0 Å². The first kappa shape index (κ1) is 14.7. The fourth-order valence-electron chi connectivity index (χ4n) is 2.01. The molecular weight excluding hydrogens is 234 g/mol. The summed E-state index contributed by atoms with van der Waals surface area (Å²) in [6.45, 7) is 5.64. The van der Waals surface area contributed by atoms with E-state index >= 15 is 0 Å². The number of likely N-dealkylation sites (tertiary alicyclic amines) is 1. The first-order chi connectivity index (χ1) is 8.31. The summed E-state index contributed by atoms with van der Waals surface area (Å²) in [6, 6.07) is -0.845. The summed E-state index contributed by atoms with van der Waals surface area (Å²) in [7, 11) is 0. The Morgan fingerprint density at radius 1 is 1.28 bits per heavy atom. The van der Waals surface area contributed by atoms with Crippen molar-refractivity contribution in [2.75, 3.05) is 6.54 Å². The Balaban J connectivity index is 2.87. The van der Waals surface area contributed by atoms with Gasteiger partial charge < -0.3 is 10.0 Å². The van der Waals surface area contributed by atoms with E-state index in [0.29, 0.717) is 19.4 Å². The molecule has 1 N–H and O–H groups in total. The molecule has 1 heterocycles. The van der Waals surface area contributed by atoms with Gasteiger partial charge in [-0.05, 0) is 25.7 Å². The molecule has 102 valence electrons. The Bertz CT molecular complexity index is 362. The summed E-state index contributed by atoms with van der Waals surface area (Å²) in [5.41, 5.74) is -0.725. The number of aliphatic carboxylic acids is 1. The smallest absolute Gasteiger partial charge is 0.326 e. The van der Waals surface area contributed by atoms with Gasteiger partial charge in [0.05, 0.1) is 0 Å². The molecule has 5 heteroatoms. The number of hydrogen-bond acceptors (Lipinski definition) is 3. The Kier molecular flexibility index (Phi) is 4.48. The maximum atomic E-state index is 12.1. The Morgan fingerprint density at radius 3 is 2.39 bits per heavy atom. The minimum absolute atomic E-state index is 0.362.